The number of carbonyl (C=O) groups excluding carboxylic acids is 3. The lowest BCUT2D eigenvalue weighted by molar-refractivity contribution is -0.142. The number of ether oxygens (including phenoxy) is 2. The van der Waals surface area contributed by atoms with Crippen LogP contribution in [-0.4, -0.2) is 40.4 Å². The summed E-state index contributed by atoms with van der Waals surface area (Å²) in [7, 11) is 0. The van der Waals surface area contributed by atoms with E-state index in [4.69, 9.17) is 9.47 Å². The van der Waals surface area contributed by atoms with Crippen molar-refractivity contribution < 1.29 is 23.9 Å². The molecule has 1 N–H and O–H groups in total. The molecule has 1 atom stereocenters. The Morgan fingerprint density at radius 3 is 2.65 bits per heavy atom. The number of rotatable bonds is 13. The third-order valence-electron chi connectivity index (χ3n) is 7.32. The van der Waals surface area contributed by atoms with E-state index in [9.17, 15) is 14.4 Å². The number of benzene rings is 3. The maximum absolute atomic E-state index is 13.1. The van der Waals surface area contributed by atoms with Crippen LogP contribution < -0.4 is 10.1 Å². The number of hydrogen-bond donors (Lipinski definition) is 1. The minimum Gasteiger partial charge on any atom is -0.484 e. The number of hydrogen-bond acceptors (Lipinski definition) is 7. The lowest BCUT2D eigenvalue weighted by Crippen LogP contribution is -2.27. The number of nitrogens with zero attached hydrogens (tertiary/aromatic N) is 2. The number of nitrogens with one attached hydrogen (secondary N) is 1. The Hall–Kier alpha value is -4.37. The molecule has 0 spiro atoms. The molecular formula is C34H35N3O5S. The van der Waals surface area contributed by atoms with Gasteiger partial charge >= 0.3 is 5.97 Å². The molecule has 0 saturated carbocycles. The highest BCUT2D eigenvalue weighted by Crippen LogP contribution is 2.38. The number of fused-ring (bicyclic) bond motifs is 1. The molecule has 9 heteroatoms. The van der Waals surface area contributed by atoms with E-state index in [0.29, 0.717) is 30.9 Å². The third kappa shape index (κ3) is 7.73. The van der Waals surface area contributed by atoms with Gasteiger partial charge < -0.3 is 19.4 Å². The van der Waals surface area contributed by atoms with Crippen molar-refractivity contribution in [3.63, 3.8) is 0 Å². The fourth-order valence-corrected chi connectivity index (χ4v) is 6.31. The van der Waals surface area contributed by atoms with Crippen molar-refractivity contribution in [2.45, 2.75) is 55.9 Å². The highest BCUT2D eigenvalue weighted by atomic mass is 32.2. The molecular weight excluding hydrogens is 562 g/mol. The van der Waals surface area contributed by atoms with Crippen molar-refractivity contribution in [3.05, 3.63) is 113 Å². The van der Waals surface area contributed by atoms with Crippen molar-refractivity contribution in [1.82, 2.24) is 14.9 Å². The normalized spacial score (nSPS) is 13.2. The van der Waals surface area contributed by atoms with Crippen LogP contribution in [0.3, 0.4) is 0 Å². The SMILES string of the molecule is CCOC(=O)CCNC(=O)c1ccccc1SCc1c(O[C@H](Cn2ccnc2)c2ccccc2)ccc2c1CCCC2=O. The van der Waals surface area contributed by atoms with Crippen LogP contribution in [0, 0.1) is 0 Å². The Bertz CT molecular complexity index is 1560. The fourth-order valence-electron chi connectivity index (χ4n) is 5.20. The molecule has 1 amide bonds. The quantitative estimate of drug-likeness (QED) is 0.145. The van der Waals surface area contributed by atoms with E-state index in [2.05, 4.69) is 22.4 Å². The van der Waals surface area contributed by atoms with Crippen molar-refractivity contribution >= 4 is 29.4 Å². The van der Waals surface area contributed by atoms with E-state index in [1.165, 1.54) is 11.8 Å². The summed E-state index contributed by atoms with van der Waals surface area (Å²) in [5.74, 6) is 0.803. The molecule has 0 fully saturated rings. The Kier molecular flexibility index (Phi) is 10.3. The predicted molar refractivity (Wildman–Crippen MR) is 165 cm³/mol. The monoisotopic (exact) mass is 597 g/mol. The standard InChI is InChI=1S/C34H35N3O5S/c1-2-41-33(39)17-18-36-34(40)27-11-6-7-14-32(27)43-22-28-25-12-8-13-29(38)26(25)15-16-30(28)42-31(21-37-20-19-35-23-37)24-9-4-3-5-10-24/h3-7,9-11,14-16,19-20,23,31H,2,8,12-13,17-18,21-22H2,1H3,(H,36,40)/t31-/m1/s1. The van der Waals surface area contributed by atoms with Gasteiger partial charge in [-0.15, -0.1) is 11.8 Å². The van der Waals surface area contributed by atoms with Crippen molar-refractivity contribution in [3.8, 4) is 5.75 Å². The summed E-state index contributed by atoms with van der Waals surface area (Å²) in [6.45, 7) is 2.83. The van der Waals surface area contributed by atoms with Crippen LogP contribution in [0.15, 0.2) is 90.3 Å². The van der Waals surface area contributed by atoms with Crippen LogP contribution >= 0.6 is 11.8 Å². The number of thioether (sulfide) groups is 1. The average Bonchev–Trinajstić information content (AvgIpc) is 3.54. The van der Waals surface area contributed by atoms with Crippen LogP contribution in [0.4, 0.5) is 0 Å². The first kappa shape index (κ1) is 30.1. The van der Waals surface area contributed by atoms with E-state index in [1.54, 1.807) is 25.5 Å². The summed E-state index contributed by atoms with van der Waals surface area (Å²) in [6, 6.07) is 21.3. The second-order valence-corrected chi connectivity index (χ2v) is 11.2. The molecule has 8 nitrogen and oxygen atoms in total. The van der Waals surface area contributed by atoms with Crippen LogP contribution in [0.25, 0.3) is 0 Å². The van der Waals surface area contributed by atoms with Gasteiger partial charge in [-0.2, -0.15) is 0 Å². The largest absolute Gasteiger partial charge is 0.484 e. The van der Waals surface area contributed by atoms with Gasteiger partial charge in [0.05, 0.1) is 31.5 Å². The predicted octanol–water partition coefficient (Wildman–Crippen LogP) is 6.20. The molecule has 1 heterocycles. The Morgan fingerprint density at radius 2 is 1.86 bits per heavy atom. The Morgan fingerprint density at radius 1 is 1.05 bits per heavy atom. The minimum atomic E-state index is -0.344. The van der Waals surface area contributed by atoms with Gasteiger partial charge in [0.25, 0.3) is 5.91 Å². The zero-order valence-corrected chi connectivity index (χ0v) is 25.0. The molecule has 1 aliphatic carbocycles. The number of Topliss-reactive ketones (excluding diaryl/α,β-unsaturated/α-hetero) is 1. The van der Waals surface area contributed by atoms with E-state index >= 15 is 0 Å². The lowest BCUT2D eigenvalue weighted by Gasteiger charge is -2.26. The molecule has 0 unspecified atom stereocenters. The zero-order valence-electron chi connectivity index (χ0n) is 24.2. The van der Waals surface area contributed by atoms with Gasteiger partial charge in [-0.3, -0.25) is 14.4 Å². The summed E-state index contributed by atoms with van der Waals surface area (Å²) in [5, 5.41) is 2.83. The van der Waals surface area contributed by atoms with Crippen molar-refractivity contribution in [1.29, 1.82) is 0 Å². The number of amides is 1. The molecule has 43 heavy (non-hydrogen) atoms. The smallest absolute Gasteiger partial charge is 0.307 e. The van der Waals surface area contributed by atoms with Gasteiger partial charge in [0.2, 0.25) is 0 Å². The first-order chi connectivity index (χ1) is 21.0. The third-order valence-corrected chi connectivity index (χ3v) is 8.42. The maximum atomic E-state index is 13.1. The molecule has 0 aliphatic heterocycles. The van der Waals surface area contributed by atoms with Crippen LogP contribution in [0.5, 0.6) is 5.75 Å². The van der Waals surface area contributed by atoms with Gasteiger partial charge in [-0.1, -0.05) is 42.5 Å². The van der Waals surface area contributed by atoms with E-state index < -0.39 is 0 Å². The van der Waals surface area contributed by atoms with Gasteiger partial charge in [-0.05, 0) is 55.2 Å². The van der Waals surface area contributed by atoms with Crippen LogP contribution in [-0.2, 0) is 28.2 Å². The number of carbonyl (C=O) groups is 3. The molecule has 1 aromatic heterocycles. The average molecular weight is 598 g/mol. The Balaban J connectivity index is 1.41. The number of ketones is 1. The summed E-state index contributed by atoms with van der Waals surface area (Å²) >= 11 is 1.53. The van der Waals surface area contributed by atoms with E-state index in [0.717, 1.165) is 45.7 Å². The molecule has 0 radical (unpaired) electrons. The molecule has 1 aliphatic rings. The van der Waals surface area contributed by atoms with Crippen LogP contribution in [0.1, 0.15) is 69.7 Å². The minimum absolute atomic E-state index is 0.113. The summed E-state index contributed by atoms with van der Waals surface area (Å²) in [5.41, 5.74) is 4.31. The van der Waals surface area contributed by atoms with Gasteiger partial charge in [-0.25, -0.2) is 4.98 Å². The molecule has 5 rings (SSSR count). The van der Waals surface area contributed by atoms with Crippen molar-refractivity contribution in [2.24, 2.45) is 0 Å². The molecule has 222 valence electrons. The first-order valence-corrected chi connectivity index (χ1v) is 15.5. The fraction of sp³-hybridized carbons (Fsp3) is 0.294. The molecule has 3 aromatic carbocycles. The second-order valence-electron chi connectivity index (χ2n) is 10.2. The Labute approximate surface area is 255 Å². The topological polar surface area (TPSA) is 99.5 Å². The maximum Gasteiger partial charge on any atom is 0.307 e. The molecule has 0 bridgehead atoms. The highest BCUT2D eigenvalue weighted by Gasteiger charge is 2.25. The van der Waals surface area contributed by atoms with E-state index in [-0.39, 0.29) is 36.7 Å². The van der Waals surface area contributed by atoms with Crippen LogP contribution in [0.2, 0.25) is 0 Å². The number of imidazole rings is 1. The molecule has 0 saturated heterocycles. The van der Waals surface area contributed by atoms with Gasteiger partial charge in [0.1, 0.15) is 11.9 Å². The van der Waals surface area contributed by atoms with Gasteiger partial charge in [0, 0.05) is 47.1 Å². The highest BCUT2D eigenvalue weighted by molar-refractivity contribution is 7.98. The second kappa shape index (κ2) is 14.7. The van der Waals surface area contributed by atoms with E-state index in [1.807, 2.05) is 59.3 Å². The summed E-state index contributed by atoms with van der Waals surface area (Å²) in [4.78, 5) is 42.6. The molecule has 4 aromatic rings. The van der Waals surface area contributed by atoms with Crippen molar-refractivity contribution in [2.75, 3.05) is 13.2 Å². The zero-order chi connectivity index (χ0) is 30.0. The number of esters is 1. The first-order valence-electron chi connectivity index (χ1n) is 14.5. The summed E-state index contributed by atoms with van der Waals surface area (Å²) < 4.78 is 13.7. The lowest BCUT2D eigenvalue weighted by atomic mass is 9.87. The number of aromatic nitrogens is 2. The van der Waals surface area contributed by atoms with Gasteiger partial charge in [0.15, 0.2) is 5.78 Å². The summed E-state index contributed by atoms with van der Waals surface area (Å²) in [6.07, 6.45) is 7.40.